The Labute approximate surface area is 158 Å². The molecule has 0 fully saturated rings. The maximum Gasteiger partial charge on any atom is 0.255 e. The van der Waals surface area contributed by atoms with Crippen molar-refractivity contribution >= 4 is 34.8 Å². The summed E-state index contributed by atoms with van der Waals surface area (Å²) < 4.78 is 14.4. The first-order chi connectivity index (χ1) is 12.5. The van der Waals surface area contributed by atoms with Crippen LogP contribution >= 0.6 is 23.2 Å². The molecule has 0 unspecified atom stereocenters. The highest BCUT2D eigenvalue weighted by molar-refractivity contribution is 6.33. The lowest BCUT2D eigenvalue weighted by atomic mass is 10.1. The van der Waals surface area contributed by atoms with E-state index >= 15 is 0 Å². The van der Waals surface area contributed by atoms with Gasteiger partial charge in [-0.05, 0) is 48.5 Å². The molecule has 7 heteroatoms. The van der Waals surface area contributed by atoms with Gasteiger partial charge in [-0.15, -0.1) is 0 Å². The quantitative estimate of drug-likeness (QED) is 0.663. The lowest BCUT2D eigenvalue weighted by molar-refractivity contribution is 0.102. The Kier molecular flexibility index (Phi) is 5.17. The van der Waals surface area contributed by atoms with Crippen LogP contribution in [-0.4, -0.2) is 10.9 Å². The van der Waals surface area contributed by atoms with Gasteiger partial charge < -0.3 is 5.32 Å². The summed E-state index contributed by atoms with van der Waals surface area (Å²) in [4.78, 5) is 16.4. The van der Waals surface area contributed by atoms with Gasteiger partial charge in [0.05, 0.1) is 21.3 Å². The first-order valence-electron chi connectivity index (χ1n) is 7.41. The van der Waals surface area contributed by atoms with Crippen LogP contribution < -0.4 is 5.32 Å². The SMILES string of the molecule is N#Cc1ccc(NC(=O)c2ccc(-c3ncccc3Cl)c(F)c2)cc1Cl. The van der Waals surface area contributed by atoms with Gasteiger partial charge in [-0.1, -0.05) is 23.2 Å². The van der Waals surface area contributed by atoms with Crippen LogP contribution in [0.25, 0.3) is 11.3 Å². The van der Waals surface area contributed by atoms with E-state index in [2.05, 4.69) is 10.3 Å². The second-order valence-corrected chi connectivity index (χ2v) is 6.10. The van der Waals surface area contributed by atoms with E-state index in [0.29, 0.717) is 22.0 Å². The number of hydrogen-bond donors (Lipinski definition) is 1. The average Bonchev–Trinajstić information content (AvgIpc) is 2.62. The molecule has 0 aliphatic rings. The van der Waals surface area contributed by atoms with Crippen LogP contribution in [-0.2, 0) is 0 Å². The Bertz CT molecular complexity index is 1050. The van der Waals surface area contributed by atoms with E-state index in [4.69, 9.17) is 28.5 Å². The number of carbonyl (C=O) groups excluding carboxylic acids is 1. The van der Waals surface area contributed by atoms with Gasteiger partial charge in [-0.3, -0.25) is 9.78 Å². The molecule has 0 bridgehead atoms. The van der Waals surface area contributed by atoms with Gasteiger partial charge in [0.1, 0.15) is 11.9 Å². The van der Waals surface area contributed by atoms with Crippen molar-refractivity contribution in [1.29, 1.82) is 5.26 Å². The monoisotopic (exact) mass is 385 g/mol. The molecule has 0 aliphatic carbocycles. The van der Waals surface area contributed by atoms with E-state index in [0.717, 1.165) is 6.07 Å². The molecule has 1 aromatic heterocycles. The van der Waals surface area contributed by atoms with Crippen molar-refractivity contribution in [3.05, 3.63) is 81.7 Å². The maximum absolute atomic E-state index is 14.4. The van der Waals surface area contributed by atoms with Gasteiger partial charge >= 0.3 is 0 Å². The molecular formula is C19H10Cl2FN3O. The number of aromatic nitrogens is 1. The van der Waals surface area contributed by atoms with Crippen molar-refractivity contribution in [1.82, 2.24) is 4.98 Å². The second-order valence-electron chi connectivity index (χ2n) is 5.29. The molecular weight excluding hydrogens is 376 g/mol. The third-order valence-electron chi connectivity index (χ3n) is 3.59. The Morgan fingerprint density at radius 1 is 1.12 bits per heavy atom. The predicted octanol–water partition coefficient (Wildman–Crippen LogP) is 5.32. The summed E-state index contributed by atoms with van der Waals surface area (Å²) in [6.45, 7) is 0. The van der Waals surface area contributed by atoms with Crippen LogP contribution in [0.3, 0.4) is 0 Å². The van der Waals surface area contributed by atoms with Gasteiger partial charge in [0.2, 0.25) is 0 Å². The Balaban J connectivity index is 1.85. The molecule has 1 amide bonds. The van der Waals surface area contributed by atoms with Crippen molar-refractivity contribution in [3.8, 4) is 17.3 Å². The first-order valence-corrected chi connectivity index (χ1v) is 8.16. The fourth-order valence-corrected chi connectivity index (χ4v) is 2.77. The fraction of sp³-hybridized carbons (Fsp3) is 0. The third kappa shape index (κ3) is 3.67. The summed E-state index contributed by atoms with van der Waals surface area (Å²) in [5, 5.41) is 12.0. The summed E-state index contributed by atoms with van der Waals surface area (Å²) in [5.74, 6) is -1.13. The number of hydrogen-bond acceptors (Lipinski definition) is 3. The molecule has 4 nitrogen and oxygen atoms in total. The standard InChI is InChI=1S/C19H10Cl2FN3O/c20-15-2-1-7-24-18(15)14-6-4-11(8-17(14)22)19(26)25-13-5-3-12(10-23)16(21)9-13/h1-9H,(H,25,26). The summed E-state index contributed by atoms with van der Waals surface area (Å²) in [6.07, 6.45) is 1.51. The first kappa shape index (κ1) is 17.9. The van der Waals surface area contributed by atoms with E-state index in [1.165, 1.54) is 30.5 Å². The molecule has 3 aromatic rings. The van der Waals surface area contributed by atoms with Crippen molar-refractivity contribution in [3.63, 3.8) is 0 Å². The molecule has 1 N–H and O–H groups in total. The van der Waals surface area contributed by atoms with Crippen LogP contribution in [0.15, 0.2) is 54.7 Å². The zero-order valence-corrected chi connectivity index (χ0v) is 14.6. The third-order valence-corrected chi connectivity index (χ3v) is 4.21. The van der Waals surface area contributed by atoms with Gasteiger partial charge in [0, 0.05) is 23.0 Å². The van der Waals surface area contributed by atoms with Crippen molar-refractivity contribution in [2.24, 2.45) is 0 Å². The Hall–Kier alpha value is -2.94. The van der Waals surface area contributed by atoms with Gasteiger partial charge in [-0.25, -0.2) is 4.39 Å². The topological polar surface area (TPSA) is 65.8 Å². The van der Waals surface area contributed by atoms with Crippen LogP contribution in [0.1, 0.15) is 15.9 Å². The number of halogens is 3. The summed E-state index contributed by atoms with van der Waals surface area (Å²) in [5.41, 5.74) is 1.33. The minimum absolute atomic E-state index is 0.124. The molecule has 0 aliphatic heterocycles. The molecule has 0 saturated heterocycles. The molecule has 0 radical (unpaired) electrons. The highest BCUT2D eigenvalue weighted by Gasteiger charge is 2.14. The number of carbonyl (C=O) groups is 1. The predicted molar refractivity (Wildman–Crippen MR) is 98.8 cm³/mol. The van der Waals surface area contributed by atoms with Crippen molar-refractivity contribution < 1.29 is 9.18 Å². The molecule has 1 heterocycles. The number of nitriles is 1. The van der Waals surface area contributed by atoms with Gasteiger partial charge in [-0.2, -0.15) is 5.26 Å². The van der Waals surface area contributed by atoms with Crippen molar-refractivity contribution in [2.45, 2.75) is 0 Å². The van der Waals surface area contributed by atoms with Crippen LogP contribution in [0, 0.1) is 17.1 Å². The largest absolute Gasteiger partial charge is 0.322 e. The van der Waals surface area contributed by atoms with E-state index in [9.17, 15) is 9.18 Å². The minimum Gasteiger partial charge on any atom is -0.322 e. The van der Waals surface area contributed by atoms with E-state index in [1.807, 2.05) is 6.07 Å². The van der Waals surface area contributed by atoms with E-state index in [-0.39, 0.29) is 16.1 Å². The molecule has 2 aromatic carbocycles. The lowest BCUT2D eigenvalue weighted by Crippen LogP contribution is -2.12. The number of benzene rings is 2. The van der Waals surface area contributed by atoms with Crippen LogP contribution in [0.2, 0.25) is 10.0 Å². The average molecular weight is 386 g/mol. The number of anilines is 1. The van der Waals surface area contributed by atoms with Gasteiger partial charge in [0.15, 0.2) is 0 Å². The zero-order valence-electron chi connectivity index (χ0n) is 13.1. The number of nitrogens with zero attached hydrogens (tertiary/aromatic N) is 2. The molecule has 3 rings (SSSR count). The smallest absolute Gasteiger partial charge is 0.255 e. The summed E-state index contributed by atoms with van der Waals surface area (Å²) >= 11 is 12.0. The Morgan fingerprint density at radius 2 is 1.92 bits per heavy atom. The molecule has 0 spiro atoms. The molecule has 0 atom stereocenters. The number of pyridine rings is 1. The number of rotatable bonds is 3. The molecule has 26 heavy (non-hydrogen) atoms. The summed E-state index contributed by atoms with van der Waals surface area (Å²) in [7, 11) is 0. The highest BCUT2D eigenvalue weighted by Crippen LogP contribution is 2.28. The Morgan fingerprint density at radius 3 is 2.58 bits per heavy atom. The maximum atomic E-state index is 14.4. The second kappa shape index (κ2) is 7.52. The van der Waals surface area contributed by atoms with E-state index < -0.39 is 11.7 Å². The lowest BCUT2D eigenvalue weighted by Gasteiger charge is -2.09. The summed E-state index contributed by atoms with van der Waals surface area (Å²) in [6, 6.07) is 13.7. The number of nitrogens with one attached hydrogen (secondary N) is 1. The molecule has 128 valence electrons. The number of amides is 1. The highest BCUT2D eigenvalue weighted by atomic mass is 35.5. The van der Waals surface area contributed by atoms with Crippen molar-refractivity contribution in [2.75, 3.05) is 5.32 Å². The zero-order chi connectivity index (χ0) is 18.7. The van der Waals surface area contributed by atoms with Crippen LogP contribution in [0.4, 0.5) is 10.1 Å². The fourth-order valence-electron chi connectivity index (χ4n) is 2.32. The van der Waals surface area contributed by atoms with Crippen LogP contribution in [0.5, 0.6) is 0 Å². The van der Waals surface area contributed by atoms with Gasteiger partial charge in [0.25, 0.3) is 5.91 Å². The minimum atomic E-state index is -0.615. The molecule has 0 saturated carbocycles. The normalized spacial score (nSPS) is 10.2. The van der Waals surface area contributed by atoms with E-state index in [1.54, 1.807) is 18.2 Å².